The average molecular weight is 287 g/mol. The maximum absolute atomic E-state index is 14.3. The first-order valence-electron chi connectivity index (χ1n) is 6.36. The highest BCUT2D eigenvalue weighted by Crippen LogP contribution is 2.37. The summed E-state index contributed by atoms with van der Waals surface area (Å²) in [6.07, 6.45) is 1.96. The van der Waals surface area contributed by atoms with E-state index in [9.17, 15) is 4.39 Å². The number of rotatable bonds is 2. The molecule has 106 valence electrons. The van der Waals surface area contributed by atoms with Crippen LogP contribution in [0.15, 0.2) is 6.07 Å². The summed E-state index contributed by atoms with van der Waals surface area (Å²) in [5, 5.41) is -0.0519. The number of nitrogen functional groups attached to an aromatic ring is 2. The first-order chi connectivity index (χ1) is 8.91. The van der Waals surface area contributed by atoms with Gasteiger partial charge in [-0.05, 0) is 39.0 Å². The molecule has 0 aromatic heterocycles. The molecule has 0 aliphatic carbocycles. The first-order valence-corrected chi connectivity index (χ1v) is 6.74. The number of nitrogens with zero attached hydrogens (tertiary/aromatic N) is 2. The third-order valence-electron chi connectivity index (χ3n) is 3.83. The van der Waals surface area contributed by atoms with Crippen LogP contribution in [0.1, 0.15) is 12.8 Å². The fraction of sp³-hybridized carbons (Fsp3) is 0.538. The van der Waals surface area contributed by atoms with Gasteiger partial charge in [-0.15, -0.1) is 0 Å². The Balaban J connectivity index is 2.29. The smallest absolute Gasteiger partial charge is 0.169 e. The Labute approximate surface area is 118 Å². The van der Waals surface area contributed by atoms with Crippen LogP contribution in [0.2, 0.25) is 5.02 Å². The molecule has 0 spiro atoms. The zero-order chi connectivity index (χ0) is 14.2. The molecule has 0 saturated carbocycles. The molecule has 1 aromatic rings. The Hall–Kier alpha value is -1.20. The Morgan fingerprint density at radius 3 is 2.47 bits per heavy atom. The minimum Gasteiger partial charge on any atom is -0.397 e. The number of piperidine rings is 1. The monoisotopic (exact) mass is 286 g/mol. The number of halogens is 2. The summed E-state index contributed by atoms with van der Waals surface area (Å²) in [5.41, 5.74) is 12.4. The molecule has 2 rings (SSSR count). The lowest BCUT2D eigenvalue weighted by Crippen LogP contribution is -2.42. The van der Waals surface area contributed by atoms with Crippen LogP contribution in [0.5, 0.6) is 0 Å². The van der Waals surface area contributed by atoms with Crippen LogP contribution in [0.25, 0.3) is 0 Å². The Kier molecular flexibility index (Phi) is 4.06. The predicted octanol–water partition coefficient (Wildman–Crippen LogP) is 2.17. The maximum atomic E-state index is 14.3. The molecule has 1 heterocycles. The maximum Gasteiger partial charge on any atom is 0.169 e. The zero-order valence-electron chi connectivity index (χ0n) is 11.3. The van der Waals surface area contributed by atoms with Crippen LogP contribution in [0, 0.1) is 5.82 Å². The second kappa shape index (κ2) is 5.43. The summed E-state index contributed by atoms with van der Waals surface area (Å²) in [4.78, 5) is 4.16. The van der Waals surface area contributed by atoms with Crippen molar-refractivity contribution in [1.29, 1.82) is 0 Å². The molecule has 4 nitrogen and oxygen atoms in total. The standard InChI is InChI=1S/C13H20ClFN4/c1-18-5-3-8(4-6-18)19(2)13-10(17)7-9(16)11(14)12(13)15/h7-8H,3-6,16-17H2,1-2H3. The summed E-state index contributed by atoms with van der Waals surface area (Å²) >= 11 is 5.87. The van der Waals surface area contributed by atoms with Gasteiger partial charge in [-0.2, -0.15) is 0 Å². The van der Waals surface area contributed by atoms with E-state index in [4.69, 9.17) is 23.1 Å². The van der Waals surface area contributed by atoms with Crippen LogP contribution in [0.4, 0.5) is 21.5 Å². The summed E-state index contributed by atoms with van der Waals surface area (Å²) in [6, 6.07) is 1.79. The predicted molar refractivity (Wildman–Crippen MR) is 79.2 cm³/mol. The molecule has 0 bridgehead atoms. The summed E-state index contributed by atoms with van der Waals surface area (Å²) in [7, 11) is 3.95. The van der Waals surface area contributed by atoms with E-state index in [-0.39, 0.29) is 16.8 Å². The second-order valence-corrected chi connectivity index (χ2v) is 5.55. The van der Waals surface area contributed by atoms with Gasteiger partial charge in [-0.3, -0.25) is 0 Å². The van der Waals surface area contributed by atoms with Crippen LogP contribution in [0.3, 0.4) is 0 Å². The van der Waals surface area contributed by atoms with E-state index in [1.807, 2.05) is 11.9 Å². The normalized spacial score (nSPS) is 17.7. The van der Waals surface area contributed by atoms with Gasteiger partial charge in [-0.25, -0.2) is 4.39 Å². The van der Waals surface area contributed by atoms with Crippen molar-refractivity contribution < 1.29 is 4.39 Å². The molecule has 6 heteroatoms. The highest BCUT2D eigenvalue weighted by atomic mass is 35.5. The number of hydrogen-bond donors (Lipinski definition) is 2. The van der Waals surface area contributed by atoms with Crippen molar-refractivity contribution in [3.8, 4) is 0 Å². The second-order valence-electron chi connectivity index (χ2n) is 5.18. The van der Waals surface area contributed by atoms with Crippen LogP contribution in [-0.4, -0.2) is 38.1 Å². The summed E-state index contributed by atoms with van der Waals surface area (Å²) < 4.78 is 14.3. The minimum atomic E-state index is -0.527. The highest BCUT2D eigenvalue weighted by Gasteiger charge is 2.25. The van der Waals surface area contributed by atoms with E-state index in [1.165, 1.54) is 6.07 Å². The highest BCUT2D eigenvalue weighted by molar-refractivity contribution is 6.33. The van der Waals surface area contributed by atoms with Gasteiger partial charge in [-0.1, -0.05) is 11.6 Å². The van der Waals surface area contributed by atoms with Crippen molar-refractivity contribution in [1.82, 2.24) is 4.90 Å². The fourth-order valence-corrected chi connectivity index (χ4v) is 2.72. The lowest BCUT2D eigenvalue weighted by Gasteiger charge is -2.37. The topological polar surface area (TPSA) is 58.5 Å². The average Bonchev–Trinajstić information content (AvgIpc) is 2.37. The molecular weight excluding hydrogens is 267 g/mol. The van der Waals surface area contributed by atoms with E-state index in [0.29, 0.717) is 11.4 Å². The molecule has 0 atom stereocenters. The molecule has 1 saturated heterocycles. The van der Waals surface area contributed by atoms with Gasteiger partial charge in [0.1, 0.15) is 5.02 Å². The molecule has 1 aliphatic rings. The molecule has 19 heavy (non-hydrogen) atoms. The number of benzene rings is 1. The first kappa shape index (κ1) is 14.2. The molecule has 1 aromatic carbocycles. The third-order valence-corrected chi connectivity index (χ3v) is 4.21. The number of anilines is 3. The quantitative estimate of drug-likeness (QED) is 0.818. The van der Waals surface area contributed by atoms with E-state index >= 15 is 0 Å². The van der Waals surface area contributed by atoms with Crippen molar-refractivity contribution in [3.05, 3.63) is 16.9 Å². The number of nitrogens with two attached hydrogens (primary N) is 2. The lowest BCUT2D eigenvalue weighted by atomic mass is 10.0. The Morgan fingerprint density at radius 2 is 1.89 bits per heavy atom. The molecular formula is C13H20ClFN4. The van der Waals surface area contributed by atoms with E-state index in [0.717, 1.165) is 25.9 Å². The van der Waals surface area contributed by atoms with Gasteiger partial charge in [0.05, 0.1) is 17.1 Å². The van der Waals surface area contributed by atoms with Crippen molar-refractivity contribution in [3.63, 3.8) is 0 Å². The van der Waals surface area contributed by atoms with Gasteiger partial charge in [0.25, 0.3) is 0 Å². The van der Waals surface area contributed by atoms with Gasteiger partial charge in [0, 0.05) is 13.1 Å². The number of likely N-dealkylation sites (tertiary alicyclic amines) is 1. The summed E-state index contributed by atoms with van der Waals surface area (Å²) in [6.45, 7) is 2.00. The fourth-order valence-electron chi connectivity index (χ4n) is 2.58. The largest absolute Gasteiger partial charge is 0.397 e. The van der Waals surface area contributed by atoms with E-state index < -0.39 is 5.82 Å². The Bertz CT molecular complexity index is 472. The SMILES string of the molecule is CN1CCC(N(C)c2c(N)cc(N)c(Cl)c2F)CC1. The minimum absolute atomic E-state index is 0.0519. The van der Waals surface area contributed by atoms with Crippen molar-refractivity contribution >= 4 is 28.7 Å². The van der Waals surface area contributed by atoms with Crippen LogP contribution < -0.4 is 16.4 Å². The van der Waals surface area contributed by atoms with Crippen LogP contribution >= 0.6 is 11.6 Å². The molecule has 4 N–H and O–H groups in total. The summed E-state index contributed by atoms with van der Waals surface area (Å²) in [5.74, 6) is -0.527. The molecule has 0 radical (unpaired) electrons. The van der Waals surface area contributed by atoms with Crippen molar-refractivity contribution in [2.24, 2.45) is 0 Å². The third kappa shape index (κ3) is 2.72. The lowest BCUT2D eigenvalue weighted by molar-refractivity contribution is 0.252. The van der Waals surface area contributed by atoms with Gasteiger partial charge < -0.3 is 21.3 Å². The Morgan fingerprint density at radius 1 is 1.32 bits per heavy atom. The molecule has 1 fully saturated rings. The molecule has 0 unspecified atom stereocenters. The van der Waals surface area contributed by atoms with Gasteiger partial charge in [0.2, 0.25) is 0 Å². The van der Waals surface area contributed by atoms with Gasteiger partial charge >= 0.3 is 0 Å². The van der Waals surface area contributed by atoms with E-state index in [2.05, 4.69) is 11.9 Å². The van der Waals surface area contributed by atoms with Gasteiger partial charge in [0.15, 0.2) is 5.82 Å². The number of hydrogen-bond acceptors (Lipinski definition) is 4. The zero-order valence-corrected chi connectivity index (χ0v) is 12.0. The molecule has 0 amide bonds. The van der Waals surface area contributed by atoms with Crippen molar-refractivity contribution in [2.75, 3.05) is 43.6 Å². The van der Waals surface area contributed by atoms with Crippen molar-refractivity contribution in [2.45, 2.75) is 18.9 Å². The molecule has 1 aliphatic heterocycles. The van der Waals surface area contributed by atoms with E-state index in [1.54, 1.807) is 0 Å². The van der Waals surface area contributed by atoms with Crippen LogP contribution in [-0.2, 0) is 0 Å².